The van der Waals surface area contributed by atoms with E-state index in [1.807, 2.05) is 29.1 Å². The van der Waals surface area contributed by atoms with Crippen molar-refractivity contribution < 1.29 is 15.3 Å². The van der Waals surface area contributed by atoms with Crippen LogP contribution in [0, 0.1) is 0 Å². The van der Waals surface area contributed by atoms with Crippen molar-refractivity contribution in [2.45, 2.75) is 38.0 Å². The van der Waals surface area contributed by atoms with E-state index in [9.17, 15) is 10.2 Å². The number of aromatic nitrogens is 1. The Bertz CT molecular complexity index is 248. The summed E-state index contributed by atoms with van der Waals surface area (Å²) in [5.41, 5.74) is 0. The molecule has 4 heteroatoms. The topological polar surface area (TPSA) is 65.6 Å². The molecule has 86 valence electrons. The lowest BCUT2D eigenvalue weighted by atomic mass is 10.1. The van der Waals surface area contributed by atoms with Gasteiger partial charge in [0.05, 0.1) is 12.2 Å². The molecule has 3 N–H and O–H groups in total. The Morgan fingerprint density at radius 2 is 1.60 bits per heavy atom. The summed E-state index contributed by atoms with van der Waals surface area (Å²) in [6.45, 7) is 0.714. The van der Waals surface area contributed by atoms with Gasteiger partial charge in [0.1, 0.15) is 0 Å². The number of aryl methyl sites for hydroxylation is 1. The maximum atomic E-state index is 9.59. The Kier molecular flexibility index (Phi) is 5.39. The van der Waals surface area contributed by atoms with Gasteiger partial charge in [0, 0.05) is 25.5 Å². The zero-order chi connectivity index (χ0) is 11.1. The molecular weight excluding hydrogens is 194 g/mol. The lowest BCUT2D eigenvalue weighted by Gasteiger charge is -2.14. The van der Waals surface area contributed by atoms with Crippen LogP contribution in [0.1, 0.15) is 19.3 Å². The largest absolute Gasteiger partial charge is 0.396 e. The molecule has 0 saturated carbocycles. The van der Waals surface area contributed by atoms with E-state index in [1.165, 1.54) is 0 Å². The minimum atomic E-state index is -0.602. The van der Waals surface area contributed by atoms with Crippen molar-refractivity contribution in [2.75, 3.05) is 6.61 Å². The maximum Gasteiger partial charge on any atom is 0.0586 e. The van der Waals surface area contributed by atoms with Crippen molar-refractivity contribution in [3.8, 4) is 0 Å². The first-order valence-corrected chi connectivity index (χ1v) is 5.30. The molecule has 0 saturated heterocycles. The van der Waals surface area contributed by atoms with Crippen LogP contribution in [0.3, 0.4) is 0 Å². The summed E-state index contributed by atoms with van der Waals surface area (Å²) in [4.78, 5) is 0. The van der Waals surface area contributed by atoms with Gasteiger partial charge in [-0.2, -0.15) is 0 Å². The first-order valence-electron chi connectivity index (χ1n) is 5.30. The van der Waals surface area contributed by atoms with E-state index < -0.39 is 12.2 Å². The van der Waals surface area contributed by atoms with E-state index in [0.29, 0.717) is 19.3 Å². The van der Waals surface area contributed by atoms with Crippen molar-refractivity contribution in [3.05, 3.63) is 24.5 Å². The molecule has 15 heavy (non-hydrogen) atoms. The number of aliphatic hydroxyl groups is 3. The molecule has 4 nitrogen and oxygen atoms in total. The SMILES string of the molecule is OCCC(O)CC(O)CCn1cccc1. The molecule has 2 unspecified atom stereocenters. The third-order valence-corrected chi connectivity index (χ3v) is 2.39. The molecular formula is C11H19NO3. The van der Waals surface area contributed by atoms with Crippen LogP contribution in [0.5, 0.6) is 0 Å². The molecule has 0 bridgehead atoms. The number of rotatable bonds is 7. The molecule has 0 spiro atoms. The van der Waals surface area contributed by atoms with Crippen molar-refractivity contribution in [1.29, 1.82) is 0 Å². The van der Waals surface area contributed by atoms with E-state index in [-0.39, 0.29) is 6.61 Å². The fourth-order valence-electron chi connectivity index (χ4n) is 1.52. The van der Waals surface area contributed by atoms with Gasteiger partial charge in [0.15, 0.2) is 0 Å². The molecule has 0 amide bonds. The Hall–Kier alpha value is -0.840. The highest BCUT2D eigenvalue weighted by Crippen LogP contribution is 2.07. The van der Waals surface area contributed by atoms with Gasteiger partial charge in [-0.25, -0.2) is 0 Å². The zero-order valence-corrected chi connectivity index (χ0v) is 8.79. The number of hydrogen-bond donors (Lipinski definition) is 3. The van der Waals surface area contributed by atoms with Crippen LogP contribution in [0.2, 0.25) is 0 Å². The van der Waals surface area contributed by atoms with Crippen LogP contribution in [0.4, 0.5) is 0 Å². The molecule has 0 radical (unpaired) electrons. The van der Waals surface area contributed by atoms with Crippen LogP contribution < -0.4 is 0 Å². The van der Waals surface area contributed by atoms with Gasteiger partial charge in [-0.15, -0.1) is 0 Å². The second-order valence-corrected chi connectivity index (χ2v) is 3.77. The fourth-order valence-corrected chi connectivity index (χ4v) is 1.52. The molecule has 0 aliphatic rings. The van der Waals surface area contributed by atoms with Gasteiger partial charge >= 0.3 is 0 Å². The highest BCUT2D eigenvalue weighted by Gasteiger charge is 2.11. The van der Waals surface area contributed by atoms with Crippen molar-refractivity contribution in [2.24, 2.45) is 0 Å². The van der Waals surface area contributed by atoms with Gasteiger partial charge in [-0.05, 0) is 31.4 Å². The summed E-state index contributed by atoms with van der Waals surface area (Å²) < 4.78 is 1.99. The number of nitrogens with zero attached hydrogens (tertiary/aromatic N) is 1. The predicted molar refractivity (Wildman–Crippen MR) is 57.4 cm³/mol. The van der Waals surface area contributed by atoms with Crippen LogP contribution in [0.25, 0.3) is 0 Å². The lowest BCUT2D eigenvalue weighted by molar-refractivity contribution is 0.0584. The predicted octanol–water partition coefficient (Wildman–Crippen LogP) is 0.372. The van der Waals surface area contributed by atoms with Crippen molar-refractivity contribution in [3.63, 3.8) is 0 Å². The maximum absolute atomic E-state index is 9.59. The second kappa shape index (κ2) is 6.61. The smallest absolute Gasteiger partial charge is 0.0586 e. The van der Waals surface area contributed by atoms with Crippen molar-refractivity contribution in [1.82, 2.24) is 4.57 Å². The van der Waals surface area contributed by atoms with E-state index >= 15 is 0 Å². The molecule has 1 rings (SSSR count). The van der Waals surface area contributed by atoms with Crippen LogP contribution in [-0.2, 0) is 6.54 Å². The first kappa shape index (κ1) is 12.2. The molecule has 0 aromatic carbocycles. The van der Waals surface area contributed by atoms with Gasteiger partial charge in [0.2, 0.25) is 0 Å². The van der Waals surface area contributed by atoms with E-state index in [1.54, 1.807) is 0 Å². The number of hydrogen-bond acceptors (Lipinski definition) is 3. The Labute approximate surface area is 89.8 Å². The molecule has 0 aliphatic carbocycles. The van der Waals surface area contributed by atoms with Gasteiger partial charge in [-0.3, -0.25) is 0 Å². The Morgan fingerprint density at radius 3 is 2.20 bits per heavy atom. The fraction of sp³-hybridized carbons (Fsp3) is 0.636. The molecule has 2 atom stereocenters. The lowest BCUT2D eigenvalue weighted by Crippen LogP contribution is -2.20. The minimum Gasteiger partial charge on any atom is -0.396 e. The third kappa shape index (κ3) is 4.97. The minimum absolute atomic E-state index is 0.0362. The van der Waals surface area contributed by atoms with Crippen LogP contribution in [0.15, 0.2) is 24.5 Å². The quantitative estimate of drug-likeness (QED) is 0.613. The highest BCUT2D eigenvalue weighted by atomic mass is 16.3. The zero-order valence-electron chi connectivity index (χ0n) is 8.79. The normalized spacial score (nSPS) is 15.1. The summed E-state index contributed by atoms with van der Waals surface area (Å²) in [7, 11) is 0. The molecule has 0 aliphatic heterocycles. The van der Waals surface area contributed by atoms with E-state index in [2.05, 4.69) is 0 Å². The molecule has 1 aromatic rings. The third-order valence-electron chi connectivity index (χ3n) is 2.39. The standard InChI is InChI=1S/C11H19NO3/c13-8-4-11(15)9-10(14)3-7-12-5-1-2-6-12/h1-2,5-6,10-11,13-15H,3-4,7-9H2. The summed E-state index contributed by atoms with van der Waals surface area (Å²) in [6.07, 6.45) is 4.07. The summed E-state index contributed by atoms with van der Waals surface area (Å²) in [5.74, 6) is 0. The van der Waals surface area contributed by atoms with E-state index in [4.69, 9.17) is 5.11 Å². The molecule has 1 heterocycles. The van der Waals surface area contributed by atoms with Gasteiger partial charge in [0.25, 0.3) is 0 Å². The molecule has 1 aromatic heterocycles. The molecule has 0 fully saturated rings. The first-order chi connectivity index (χ1) is 7.22. The Balaban J connectivity index is 2.15. The monoisotopic (exact) mass is 213 g/mol. The summed E-state index contributed by atoms with van der Waals surface area (Å²) in [5, 5.41) is 27.5. The van der Waals surface area contributed by atoms with Gasteiger partial charge in [-0.1, -0.05) is 0 Å². The average molecular weight is 213 g/mol. The summed E-state index contributed by atoms with van der Waals surface area (Å²) >= 11 is 0. The van der Waals surface area contributed by atoms with Crippen molar-refractivity contribution >= 4 is 0 Å². The Morgan fingerprint density at radius 1 is 1.00 bits per heavy atom. The van der Waals surface area contributed by atoms with Crippen LogP contribution >= 0.6 is 0 Å². The number of aliphatic hydroxyl groups excluding tert-OH is 3. The highest BCUT2D eigenvalue weighted by molar-refractivity contribution is 4.90. The van der Waals surface area contributed by atoms with E-state index in [0.717, 1.165) is 6.54 Å². The van der Waals surface area contributed by atoms with Crippen LogP contribution in [-0.4, -0.2) is 38.7 Å². The average Bonchev–Trinajstić information content (AvgIpc) is 2.67. The summed E-state index contributed by atoms with van der Waals surface area (Å²) in [6, 6.07) is 3.87. The van der Waals surface area contributed by atoms with Gasteiger partial charge < -0.3 is 19.9 Å². The second-order valence-electron chi connectivity index (χ2n) is 3.77.